The molecule has 0 spiro atoms. The normalized spacial score (nSPS) is 15.7. The van der Waals surface area contributed by atoms with Crippen LogP contribution < -0.4 is 22.1 Å². The lowest BCUT2D eigenvalue weighted by molar-refractivity contribution is -0.141. The molecular formula is C12H20N6O7. The summed E-state index contributed by atoms with van der Waals surface area (Å²) in [6.45, 7) is 0.725. The van der Waals surface area contributed by atoms with Gasteiger partial charge in [0.25, 0.3) is 0 Å². The molecule has 140 valence electrons. The molecule has 3 unspecified atom stereocenters. The SMILES string of the molecule is C[C@@H](O)C(NC(=O)NC(CC(N)=O)c1nc(C(N)CO)no1)C(=O)O. The van der Waals surface area contributed by atoms with Gasteiger partial charge in [0.2, 0.25) is 11.8 Å². The number of aliphatic hydroxyl groups is 2. The summed E-state index contributed by atoms with van der Waals surface area (Å²) < 4.78 is 4.88. The quantitative estimate of drug-likeness (QED) is 0.238. The van der Waals surface area contributed by atoms with Crippen LogP contribution in [0.4, 0.5) is 4.79 Å². The average Bonchev–Trinajstić information content (AvgIpc) is 3.00. The Balaban J connectivity index is 2.89. The first-order valence-electron chi connectivity index (χ1n) is 7.11. The number of hydrogen-bond donors (Lipinski definition) is 7. The van der Waals surface area contributed by atoms with Crippen LogP contribution in [0.15, 0.2) is 4.52 Å². The van der Waals surface area contributed by atoms with Gasteiger partial charge in [0.05, 0.1) is 25.2 Å². The summed E-state index contributed by atoms with van der Waals surface area (Å²) in [4.78, 5) is 37.9. The minimum absolute atomic E-state index is 0.0541. The number of urea groups is 1. The summed E-state index contributed by atoms with van der Waals surface area (Å²) >= 11 is 0. The highest BCUT2D eigenvalue weighted by Crippen LogP contribution is 2.16. The lowest BCUT2D eigenvalue weighted by Crippen LogP contribution is -2.52. The van der Waals surface area contributed by atoms with E-state index in [0.717, 1.165) is 0 Å². The third kappa shape index (κ3) is 5.98. The third-order valence-corrected chi connectivity index (χ3v) is 3.03. The number of nitrogens with zero attached hydrogens (tertiary/aromatic N) is 2. The Bertz CT molecular complexity index is 619. The van der Waals surface area contributed by atoms with Gasteiger partial charge in [0, 0.05) is 0 Å². The van der Waals surface area contributed by atoms with Gasteiger partial charge in [-0.15, -0.1) is 0 Å². The number of primary amides is 1. The standard InChI is InChI=1S/C12H20N6O7/c1-4(20)8(11(22)23)16-12(24)15-6(2-7(14)21)10-17-9(18-25-10)5(13)3-19/h4-6,8,19-20H,2-3,13H2,1H3,(H2,14,21)(H,22,23)(H2,15,16,24)/t4-,5?,6?,8?/m1/s1. The number of carbonyl (C=O) groups is 3. The van der Waals surface area contributed by atoms with Crippen molar-refractivity contribution in [3.8, 4) is 0 Å². The van der Waals surface area contributed by atoms with E-state index in [2.05, 4.69) is 15.5 Å². The Morgan fingerprint density at radius 2 is 1.96 bits per heavy atom. The van der Waals surface area contributed by atoms with E-state index < -0.39 is 55.2 Å². The number of nitrogens with one attached hydrogen (secondary N) is 2. The Kier molecular flexibility index (Phi) is 7.22. The van der Waals surface area contributed by atoms with E-state index in [1.807, 2.05) is 5.32 Å². The minimum atomic E-state index is -1.57. The summed E-state index contributed by atoms with van der Waals surface area (Å²) in [5.74, 6) is -2.52. The Labute approximate surface area is 141 Å². The zero-order chi connectivity index (χ0) is 19.1. The number of rotatable bonds is 9. The smallest absolute Gasteiger partial charge is 0.328 e. The fraction of sp³-hybridized carbons (Fsp3) is 0.583. The number of amides is 3. The summed E-state index contributed by atoms with van der Waals surface area (Å²) in [6, 6.07) is -4.67. The van der Waals surface area contributed by atoms with Gasteiger partial charge in [-0.3, -0.25) is 4.79 Å². The van der Waals surface area contributed by atoms with Gasteiger partial charge in [-0.2, -0.15) is 4.98 Å². The van der Waals surface area contributed by atoms with Crippen LogP contribution in [0, 0.1) is 0 Å². The molecule has 0 bridgehead atoms. The molecular weight excluding hydrogens is 340 g/mol. The van der Waals surface area contributed by atoms with Crippen molar-refractivity contribution >= 4 is 17.9 Å². The maximum absolute atomic E-state index is 11.9. The molecule has 1 aromatic rings. The van der Waals surface area contributed by atoms with Gasteiger partial charge < -0.3 is 41.9 Å². The molecule has 0 saturated heterocycles. The molecule has 0 aliphatic carbocycles. The predicted molar refractivity (Wildman–Crippen MR) is 79.6 cm³/mol. The van der Waals surface area contributed by atoms with Gasteiger partial charge >= 0.3 is 12.0 Å². The number of hydrogen-bond acceptors (Lipinski definition) is 9. The molecule has 13 nitrogen and oxygen atoms in total. The topological polar surface area (TPSA) is 227 Å². The monoisotopic (exact) mass is 360 g/mol. The van der Waals surface area contributed by atoms with Gasteiger partial charge in [0.1, 0.15) is 6.04 Å². The van der Waals surface area contributed by atoms with Crippen LogP contribution in [0.1, 0.15) is 37.1 Å². The van der Waals surface area contributed by atoms with E-state index in [0.29, 0.717) is 0 Å². The van der Waals surface area contributed by atoms with Crippen LogP contribution in [0.3, 0.4) is 0 Å². The maximum Gasteiger partial charge on any atom is 0.328 e. The molecule has 9 N–H and O–H groups in total. The van der Waals surface area contributed by atoms with Crippen LogP contribution in [0.2, 0.25) is 0 Å². The summed E-state index contributed by atoms with van der Waals surface area (Å²) in [7, 11) is 0. The van der Waals surface area contributed by atoms with Crippen molar-refractivity contribution in [2.75, 3.05) is 6.61 Å². The van der Waals surface area contributed by atoms with Crippen LogP contribution in [0.25, 0.3) is 0 Å². The molecule has 1 heterocycles. The molecule has 0 radical (unpaired) electrons. The number of carboxylic acids is 1. The highest BCUT2D eigenvalue weighted by atomic mass is 16.5. The molecule has 0 aromatic carbocycles. The van der Waals surface area contributed by atoms with Crippen molar-refractivity contribution in [1.82, 2.24) is 20.8 Å². The second-order valence-corrected chi connectivity index (χ2v) is 5.18. The van der Waals surface area contributed by atoms with E-state index in [1.54, 1.807) is 0 Å². The van der Waals surface area contributed by atoms with Gasteiger partial charge in [-0.05, 0) is 6.92 Å². The first-order valence-corrected chi connectivity index (χ1v) is 7.11. The van der Waals surface area contributed by atoms with Gasteiger partial charge in [-0.25, -0.2) is 9.59 Å². The number of aliphatic hydroxyl groups excluding tert-OH is 2. The molecule has 1 rings (SSSR count). The number of carboxylic acid groups (broad SMARTS) is 1. The Morgan fingerprint density at radius 3 is 2.44 bits per heavy atom. The van der Waals surface area contributed by atoms with E-state index in [4.69, 9.17) is 26.2 Å². The first-order chi connectivity index (χ1) is 11.6. The van der Waals surface area contributed by atoms with Crippen molar-refractivity contribution in [3.63, 3.8) is 0 Å². The first kappa shape index (κ1) is 20.3. The van der Waals surface area contributed by atoms with E-state index in [1.165, 1.54) is 6.92 Å². The fourth-order valence-electron chi connectivity index (χ4n) is 1.75. The molecule has 1 aromatic heterocycles. The van der Waals surface area contributed by atoms with Crippen LogP contribution >= 0.6 is 0 Å². The lowest BCUT2D eigenvalue weighted by atomic mass is 10.2. The van der Waals surface area contributed by atoms with Gasteiger partial charge in [0.15, 0.2) is 11.9 Å². The number of aromatic nitrogens is 2. The van der Waals surface area contributed by atoms with E-state index in [9.17, 15) is 19.5 Å². The summed E-state index contributed by atoms with van der Waals surface area (Å²) in [5, 5.41) is 35.0. The highest BCUT2D eigenvalue weighted by molar-refractivity contribution is 5.83. The minimum Gasteiger partial charge on any atom is -0.480 e. The molecule has 0 aliphatic heterocycles. The highest BCUT2D eigenvalue weighted by Gasteiger charge is 2.29. The molecule has 25 heavy (non-hydrogen) atoms. The van der Waals surface area contributed by atoms with E-state index >= 15 is 0 Å². The molecule has 0 saturated carbocycles. The fourth-order valence-corrected chi connectivity index (χ4v) is 1.75. The number of nitrogens with two attached hydrogens (primary N) is 2. The van der Waals surface area contributed by atoms with Gasteiger partial charge in [-0.1, -0.05) is 5.16 Å². The van der Waals surface area contributed by atoms with E-state index in [-0.39, 0.29) is 11.7 Å². The Morgan fingerprint density at radius 1 is 1.32 bits per heavy atom. The summed E-state index contributed by atoms with van der Waals surface area (Å²) in [6.07, 6.45) is -1.79. The van der Waals surface area contributed by atoms with Crippen LogP contribution in [0.5, 0.6) is 0 Å². The molecule has 0 fully saturated rings. The average molecular weight is 360 g/mol. The summed E-state index contributed by atoms with van der Waals surface area (Å²) in [5.41, 5.74) is 10.6. The van der Waals surface area contributed by atoms with Crippen molar-refractivity contribution in [1.29, 1.82) is 0 Å². The van der Waals surface area contributed by atoms with Crippen LogP contribution in [-0.4, -0.2) is 62.1 Å². The molecule has 13 heteroatoms. The van der Waals surface area contributed by atoms with Crippen molar-refractivity contribution in [2.45, 2.75) is 37.6 Å². The second-order valence-electron chi connectivity index (χ2n) is 5.18. The number of carbonyl (C=O) groups excluding carboxylic acids is 2. The largest absolute Gasteiger partial charge is 0.480 e. The van der Waals surface area contributed by atoms with Crippen molar-refractivity contribution in [2.24, 2.45) is 11.5 Å². The Hall–Kier alpha value is -2.77. The van der Waals surface area contributed by atoms with Crippen molar-refractivity contribution < 1.29 is 34.2 Å². The zero-order valence-corrected chi connectivity index (χ0v) is 13.2. The molecule has 0 aliphatic rings. The van der Waals surface area contributed by atoms with Crippen molar-refractivity contribution in [3.05, 3.63) is 11.7 Å². The third-order valence-electron chi connectivity index (χ3n) is 3.03. The van der Waals surface area contributed by atoms with Crippen LogP contribution in [-0.2, 0) is 9.59 Å². The second kappa shape index (κ2) is 8.91. The lowest BCUT2D eigenvalue weighted by Gasteiger charge is -2.19. The predicted octanol–water partition coefficient (Wildman–Crippen LogP) is -2.89. The maximum atomic E-state index is 11.9. The molecule has 3 amide bonds. The zero-order valence-electron chi connectivity index (χ0n) is 13.2. The molecule has 4 atom stereocenters. The number of aliphatic carboxylic acids is 1.